The Kier molecular flexibility index (Phi) is 16.1. The monoisotopic (exact) mass is 534 g/mol. The Balaban J connectivity index is 0.000000568. The maximum Gasteiger partial charge on any atom is 0.364 e. The Morgan fingerprint density at radius 1 is 0.667 bits per heavy atom. The average molecular weight is 535 g/mol. The van der Waals surface area contributed by atoms with E-state index in [0.29, 0.717) is 13.2 Å². The maximum atomic E-state index is 11.8. The SMILES string of the molecule is CC(C(=O)OCCCCCCCCOc1ccc(OCc2ccccc2)cc1)[NH+](C)C.CCc1ccccc1. The summed E-state index contributed by atoms with van der Waals surface area (Å²) in [5, 5.41) is 0. The first-order valence-corrected chi connectivity index (χ1v) is 14.4. The summed E-state index contributed by atoms with van der Waals surface area (Å²) < 4.78 is 16.9. The van der Waals surface area contributed by atoms with Crippen molar-refractivity contribution in [2.75, 3.05) is 27.3 Å². The van der Waals surface area contributed by atoms with Crippen LogP contribution in [0.1, 0.15) is 63.5 Å². The number of ether oxygens (including phenoxy) is 3. The molecule has 0 saturated heterocycles. The van der Waals surface area contributed by atoms with Gasteiger partial charge in [-0.3, -0.25) is 0 Å². The van der Waals surface area contributed by atoms with Crippen LogP contribution >= 0.6 is 0 Å². The van der Waals surface area contributed by atoms with E-state index < -0.39 is 0 Å². The van der Waals surface area contributed by atoms with Crippen LogP contribution in [0.2, 0.25) is 0 Å². The number of nitrogens with one attached hydrogen (secondary N) is 1. The topological polar surface area (TPSA) is 49.2 Å². The van der Waals surface area contributed by atoms with Gasteiger partial charge in [0.1, 0.15) is 18.1 Å². The molecule has 1 unspecified atom stereocenters. The van der Waals surface area contributed by atoms with Crippen LogP contribution in [-0.4, -0.2) is 39.3 Å². The molecule has 0 heterocycles. The van der Waals surface area contributed by atoms with Gasteiger partial charge in [0.2, 0.25) is 0 Å². The van der Waals surface area contributed by atoms with Crippen molar-refractivity contribution in [1.82, 2.24) is 0 Å². The number of benzene rings is 3. The van der Waals surface area contributed by atoms with E-state index in [0.717, 1.165) is 60.7 Å². The third-order valence-electron chi connectivity index (χ3n) is 6.59. The number of aryl methyl sites for hydroxylation is 1. The van der Waals surface area contributed by atoms with Crippen molar-refractivity contribution >= 4 is 5.97 Å². The molecule has 0 spiro atoms. The molecule has 3 aromatic carbocycles. The van der Waals surface area contributed by atoms with E-state index in [1.54, 1.807) is 0 Å². The Morgan fingerprint density at radius 3 is 1.67 bits per heavy atom. The zero-order valence-corrected chi connectivity index (χ0v) is 24.4. The lowest BCUT2D eigenvalue weighted by Crippen LogP contribution is -3.10. The Hall–Kier alpha value is -3.31. The van der Waals surface area contributed by atoms with E-state index in [1.165, 1.54) is 18.4 Å². The van der Waals surface area contributed by atoms with Gasteiger partial charge in [-0.15, -0.1) is 0 Å². The number of hydrogen-bond acceptors (Lipinski definition) is 4. The molecule has 0 saturated carbocycles. The summed E-state index contributed by atoms with van der Waals surface area (Å²) in [5.41, 5.74) is 2.57. The number of rotatable bonds is 16. The normalized spacial score (nSPS) is 11.3. The Morgan fingerprint density at radius 2 is 1.15 bits per heavy atom. The lowest BCUT2D eigenvalue weighted by atomic mass is 10.1. The number of quaternary nitrogens is 1. The smallest absolute Gasteiger partial charge is 0.364 e. The van der Waals surface area contributed by atoms with Gasteiger partial charge in [0.05, 0.1) is 27.3 Å². The first-order chi connectivity index (χ1) is 19.0. The molecular weight excluding hydrogens is 486 g/mol. The fourth-order valence-electron chi connectivity index (χ4n) is 3.72. The van der Waals surface area contributed by atoms with E-state index in [2.05, 4.69) is 43.3 Å². The van der Waals surface area contributed by atoms with Crippen LogP contribution in [-0.2, 0) is 22.6 Å². The predicted molar refractivity (Wildman–Crippen MR) is 159 cm³/mol. The highest BCUT2D eigenvalue weighted by Gasteiger charge is 2.19. The fourth-order valence-corrected chi connectivity index (χ4v) is 3.72. The summed E-state index contributed by atoms with van der Waals surface area (Å²) in [6, 6.07) is 28.3. The quantitative estimate of drug-likeness (QED) is 0.173. The molecule has 0 fully saturated rings. The molecule has 0 aliphatic heterocycles. The zero-order valence-electron chi connectivity index (χ0n) is 24.4. The predicted octanol–water partition coefficient (Wildman–Crippen LogP) is 6.31. The van der Waals surface area contributed by atoms with Gasteiger partial charge in [0, 0.05) is 0 Å². The van der Waals surface area contributed by atoms with Crippen LogP contribution in [0, 0.1) is 0 Å². The Bertz CT molecular complexity index is 1010. The minimum atomic E-state index is -0.104. The molecule has 1 N–H and O–H groups in total. The second-order valence-corrected chi connectivity index (χ2v) is 10.0. The molecule has 0 aromatic heterocycles. The fraction of sp³-hybridized carbons (Fsp3) is 0.441. The molecule has 0 bridgehead atoms. The average Bonchev–Trinajstić information content (AvgIpc) is 2.98. The summed E-state index contributed by atoms with van der Waals surface area (Å²) in [6.45, 7) is 5.89. The maximum absolute atomic E-state index is 11.8. The van der Waals surface area contributed by atoms with Crippen molar-refractivity contribution in [1.29, 1.82) is 0 Å². The number of hydrogen-bond donors (Lipinski definition) is 1. The zero-order chi connectivity index (χ0) is 28.1. The number of likely N-dealkylation sites (N-methyl/N-ethyl adjacent to an activating group) is 1. The van der Waals surface area contributed by atoms with E-state index in [9.17, 15) is 4.79 Å². The minimum Gasteiger partial charge on any atom is -0.494 e. The molecule has 0 radical (unpaired) electrons. The summed E-state index contributed by atoms with van der Waals surface area (Å²) in [4.78, 5) is 12.9. The van der Waals surface area contributed by atoms with E-state index in [-0.39, 0.29) is 12.0 Å². The van der Waals surface area contributed by atoms with Gasteiger partial charge in [-0.1, -0.05) is 93.3 Å². The molecule has 0 aliphatic carbocycles. The van der Waals surface area contributed by atoms with E-state index in [4.69, 9.17) is 14.2 Å². The van der Waals surface area contributed by atoms with E-state index in [1.807, 2.05) is 69.6 Å². The third kappa shape index (κ3) is 14.4. The number of esters is 1. The van der Waals surface area contributed by atoms with E-state index >= 15 is 0 Å². The second kappa shape index (κ2) is 19.7. The highest BCUT2D eigenvalue weighted by Crippen LogP contribution is 2.19. The van der Waals surface area contributed by atoms with Crippen molar-refractivity contribution in [3.8, 4) is 11.5 Å². The van der Waals surface area contributed by atoms with Crippen molar-refractivity contribution in [2.45, 2.75) is 71.4 Å². The van der Waals surface area contributed by atoms with Crippen LogP contribution in [0.3, 0.4) is 0 Å². The van der Waals surface area contributed by atoms with Crippen molar-refractivity contribution in [3.63, 3.8) is 0 Å². The number of carbonyl (C=O) groups is 1. The van der Waals surface area contributed by atoms with Crippen LogP contribution < -0.4 is 14.4 Å². The highest BCUT2D eigenvalue weighted by molar-refractivity contribution is 5.73. The lowest BCUT2D eigenvalue weighted by molar-refractivity contribution is -0.874. The van der Waals surface area contributed by atoms with Crippen LogP contribution in [0.15, 0.2) is 84.9 Å². The van der Waals surface area contributed by atoms with Crippen molar-refractivity contribution in [3.05, 3.63) is 96.1 Å². The first-order valence-electron chi connectivity index (χ1n) is 14.4. The molecule has 3 aromatic rings. The molecule has 39 heavy (non-hydrogen) atoms. The van der Waals surface area contributed by atoms with Gasteiger partial charge < -0.3 is 19.1 Å². The summed E-state index contributed by atoms with van der Waals surface area (Å²) in [7, 11) is 3.93. The number of carbonyl (C=O) groups excluding carboxylic acids is 1. The van der Waals surface area contributed by atoms with Crippen LogP contribution in [0.25, 0.3) is 0 Å². The van der Waals surface area contributed by atoms with Gasteiger partial charge in [-0.25, -0.2) is 4.79 Å². The molecule has 0 aliphatic rings. The van der Waals surface area contributed by atoms with Crippen molar-refractivity contribution < 1.29 is 23.9 Å². The molecule has 3 rings (SSSR count). The lowest BCUT2D eigenvalue weighted by Gasteiger charge is -2.15. The van der Waals surface area contributed by atoms with Gasteiger partial charge in [-0.2, -0.15) is 0 Å². The Labute approximate surface area is 236 Å². The first kappa shape index (κ1) is 31.9. The molecule has 212 valence electrons. The van der Waals surface area contributed by atoms with Gasteiger partial charge >= 0.3 is 5.97 Å². The molecule has 5 heteroatoms. The van der Waals surface area contributed by atoms with Gasteiger partial charge in [-0.05, 0) is 61.6 Å². The summed E-state index contributed by atoms with van der Waals surface area (Å²) in [6.07, 6.45) is 7.73. The van der Waals surface area contributed by atoms with Crippen molar-refractivity contribution in [2.24, 2.45) is 0 Å². The largest absolute Gasteiger partial charge is 0.494 e. The summed E-state index contributed by atoms with van der Waals surface area (Å²) >= 11 is 0. The molecular formula is C34H48NO4+. The minimum absolute atomic E-state index is 0.0991. The van der Waals surface area contributed by atoms with Crippen LogP contribution in [0.4, 0.5) is 0 Å². The molecule has 5 nitrogen and oxygen atoms in total. The van der Waals surface area contributed by atoms with Gasteiger partial charge in [0.25, 0.3) is 0 Å². The highest BCUT2D eigenvalue weighted by atomic mass is 16.5. The molecule has 0 amide bonds. The third-order valence-corrected chi connectivity index (χ3v) is 6.59. The van der Waals surface area contributed by atoms with Crippen LogP contribution in [0.5, 0.6) is 11.5 Å². The second-order valence-electron chi connectivity index (χ2n) is 10.0. The summed E-state index contributed by atoms with van der Waals surface area (Å²) in [5.74, 6) is 1.62. The van der Waals surface area contributed by atoms with Gasteiger partial charge in [0.15, 0.2) is 6.04 Å². The molecule has 1 atom stereocenters. The standard InChI is InChI=1S/C26H37NO4.C8H10/c1-22(27(2)3)26(28)30-20-12-7-5-4-6-11-19-29-24-15-17-25(18-16-24)31-21-23-13-9-8-10-14-23;1-2-8-6-4-3-5-7-8/h8-10,13-18,22H,4-7,11-12,19-21H2,1-3H3;3-7H,2H2,1H3/p+1. The number of unbranched alkanes of at least 4 members (excludes halogenated alkanes) is 5.